The minimum Gasteiger partial charge on any atom is -0.357 e. The third-order valence-corrected chi connectivity index (χ3v) is 4.72. The van der Waals surface area contributed by atoms with Crippen LogP contribution < -0.4 is 15.8 Å². The maximum atomic E-state index is 11.3. The third kappa shape index (κ3) is 7.10. The highest BCUT2D eigenvalue weighted by atomic mass is 127. The zero-order valence-corrected chi connectivity index (χ0v) is 18.2. The van der Waals surface area contributed by atoms with E-state index in [0.717, 1.165) is 17.7 Å². The van der Waals surface area contributed by atoms with Crippen LogP contribution in [0.3, 0.4) is 0 Å². The Morgan fingerprint density at radius 1 is 1.12 bits per heavy atom. The summed E-state index contributed by atoms with van der Waals surface area (Å²) >= 11 is 6.15. The lowest BCUT2D eigenvalue weighted by Gasteiger charge is -2.12. The van der Waals surface area contributed by atoms with E-state index < -0.39 is 10.0 Å². The fraction of sp³-hybridized carbons (Fsp3) is 0.235. The molecule has 0 aliphatic rings. The van der Waals surface area contributed by atoms with Gasteiger partial charge in [-0.05, 0) is 36.2 Å². The molecule has 2 aromatic carbocycles. The molecular formula is C17H22ClIN4O2S. The van der Waals surface area contributed by atoms with Gasteiger partial charge in [0.2, 0.25) is 10.0 Å². The van der Waals surface area contributed by atoms with Crippen molar-refractivity contribution in [2.75, 3.05) is 6.54 Å². The summed E-state index contributed by atoms with van der Waals surface area (Å²) < 4.78 is 22.5. The molecule has 26 heavy (non-hydrogen) atoms. The van der Waals surface area contributed by atoms with Crippen molar-refractivity contribution in [3.05, 3.63) is 64.7 Å². The summed E-state index contributed by atoms with van der Waals surface area (Å²) in [5.41, 5.74) is 1.86. The van der Waals surface area contributed by atoms with E-state index in [0.29, 0.717) is 24.1 Å². The zero-order chi connectivity index (χ0) is 18.3. The molecular weight excluding hydrogens is 487 g/mol. The first-order chi connectivity index (χ1) is 11.9. The van der Waals surface area contributed by atoms with Gasteiger partial charge in [0.15, 0.2) is 5.96 Å². The van der Waals surface area contributed by atoms with Crippen LogP contribution in [0.25, 0.3) is 0 Å². The lowest BCUT2D eigenvalue weighted by molar-refractivity contribution is 0.598. The van der Waals surface area contributed by atoms with E-state index in [2.05, 4.69) is 15.6 Å². The van der Waals surface area contributed by atoms with Crippen LogP contribution in [-0.4, -0.2) is 20.9 Å². The average molecular weight is 509 g/mol. The Balaban J connectivity index is 0.00000338. The molecule has 0 bridgehead atoms. The Bertz CT molecular complexity index is 842. The van der Waals surface area contributed by atoms with Gasteiger partial charge in [0, 0.05) is 18.1 Å². The molecule has 2 aromatic rings. The first-order valence-electron chi connectivity index (χ1n) is 7.77. The summed E-state index contributed by atoms with van der Waals surface area (Å²) in [5, 5.41) is 12.2. The van der Waals surface area contributed by atoms with Crippen molar-refractivity contribution in [3.63, 3.8) is 0 Å². The molecule has 6 nitrogen and oxygen atoms in total. The minimum atomic E-state index is -3.68. The first kappa shape index (κ1) is 22.7. The zero-order valence-electron chi connectivity index (χ0n) is 14.3. The Morgan fingerprint density at radius 3 is 2.35 bits per heavy atom. The van der Waals surface area contributed by atoms with E-state index in [9.17, 15) is 8.42 Å². The van der Waals surface area contributed by atoms with Gasteiger partial charge in [0.1, 0.15) is 0 Å². The predicted octanol–water partition coefficient (Wildman–Crippen LogP) is 2.86. The molecule has 0 radical (unpaired) electrons. The van der Waals surface area contributed by atoms with Crippen LogP contribution in [-0.2, 0) is 23.1 Å². The molecule has 142 valence electrons. The lowest BCUT2D eigenvalue weighted by atomic mass is 10.2. The standard InChI is InChI=1S/C17H21ClN4O2S.HI/c1-2-20-17(22-12-14-5-3-4-6-16(14)18)21-11-13-7-9-15(10-8-13)25(19,23)24;/h3-10H,2,11-12H2,1H3,(H2,19,23,24)(H2,20,21,22);1H. The number of sulfonamides is 1. The predicted molar refractivity (Wildman–Crippen MR) is 116 cm³/mol. The van der Waals surface area contributed by atoms with Gasteiger partial charge in [-0.3, -0.25) is 0 Å². The Kier molecular flexibility index (Phi) is 9.34. The maximum Gasteiger partial charge on any atom is 0.238 e. The van der Waals surface area contributed by atoms with Crippen LogP contribution in [0, 0.1) is 0 Å². The van der Waals surface area contributed by atoms with Crippen LogP contribution in [0.15, 0.2) is 58.4 Å². The molecule has 0 heterocycles. The molecule has 0 amide bonds. The van der Waals surface area contributed by atoms with Gasteiger partial charge in [-0.25, -0.2) is 18.5 Å². The van der Waals surface area contributed by atoms with Crippen molar-refractivity contribution in [2.45, 2.75) is 24.9 Å². The molecule has 2 rings (SSSR count). The Labute approximate surface area is 176 Å². The molecule has 0 aliphatic heterocycles. The number of nitrogens with zero attached hydrogens (tertiary/aromatic N) is 1. The molecule has 0 unspecified atom stereocenters. The SMILES string of the molecule is CCNC(=NCc1ccc(S(N)(=O)=O)cc1)NCc1ccccc1Cl.I. The highest BCUT2D eigenvalue weighted by molar-refractivity contribution is 14.0. The highest BCUT2D eigenvalue weighted by Gasteiger charge is 2.07. The van der Waals surface area contributed by atoms with E-state index in [1.165, 1.54) is 12.1 Å². The summed E-state index contributed by atoms with van der Waals surface area (Å²) in [6, 6.07) is 14.0. The fourth-order valence-corrected chi connectivity index (χ4v) is 2.84. The summed E-state index contributed by atoms with van der Waals surface area (Å²) in [6.07, 6.45) is 0. The van der Waals surface area contributed by atoms with Crippen LogP contribution in [0.2, 0.25) is 5.02 Å². The molecule has 0 saturated carbocycles. The first-order valence-corrected chi connectivity index (χ1v) is 9.70. The van der Waals surface area contributed by atoms with E-state index in [1.807, 2.05) is 31.2 Å². The van der Waals surface area contributed by atoms with Crippen molar-refractivity contribution in [3.8, 4) is 0 Å². The smallest absolute Gasteiger partial charge is 0.238 e. The minimum absolute atomic E-state index is 0. The highest BCUT2D eigenvalue weighted by Crippen LogP contribution is 2.14. The summed E-state index contributed by atoms with van der Waals surface area (Å²) in [4.78, 5) is 4.58. The van der Waals surface area contributed by atoms with Crippen molar-refractivity contribution < 1.29 is 8.42 Å². The molecule has 0 atom stereocenters. The average Bonchev–Trinajstić information content (AvgIpc) is 2.58. The van der Waals surface area contributed by atoms with Crippen LogP contribution >= 0.6 is 35.6 Å². The van der Waals surface area contributed by atoms with Gasteiger partial charge in [0.05, 0.1) is 11.4 Å². The topological polar surface area (TPSA) is 96.6 Å². The fourth-order valence-electron chi connectivity index (χ4n) is 2.12. The second-order valence-electron chi connectivity index (χ2n) is 5.33. The number of aliphatic imine (C=N–C) groups is 1. The monoisotopic (exact) mass is 508 g/mol. The molecule has 0 saturated heterocycles. The molecule has 4 N–H and O–H groups in total. The number of nitrogens with one attached hydrogen (secondary N) is 2. The van der Waals surface area contributed by atoms with Crippen molar-refractivity contribution in [1.29, 1.82) is 0 Å². The molecule has 9 heteroatoms. The number of hydrogen-bond acceptors (Lipinski definition) is 3. The van der Waals surface area contributed by atoms with Crippen LogP contribution in [0.5, 0.6) is 0 Å². The number of primary sulfonamides is 1. The maximum absolute atomic E-state index is 11.3. The Morgan fingerprint density at radius 2 is 1.77 bits per heavy atom. The van der Waals surface area contributed by atoms with Gasteiger partial charge in [-0.15, -0.1) is 24.0 Å². The number of nitrogens with two attached hydrogens (primary N) is 1. The molecule has 0 spiro atoms. The molecule has 0 fully saturated rings. The second-order valence-corrected chi connectivity index (χ2v) is 7.30. The number of hydrogen-bond donors (Lipinski definition) is 3. The van der Waals surface area contributed by atoms with Gasteiger partial charge in [-0.1, -0.05) is 41.9 Å². The van der Waals surface area contributed by atoms with Gasteiger partial charge in [0.25, 0.3) is 0 Å². The number of guanidine groups is 1. The number of halogens is 2. The van der Waals surface area contributed by atoms with E-state index in [-0.39, 0.29) is 28.9 Å². The lowest BCUT2D eigenvalue weighted by Crippen LogP contribution is -2.36. The largest absolute Gasteiger partial charge is 0.357 e. The van der Waals surface area contributed by atoms with E-state index in [1.54, 1.807) is 12.1 Å². The van der Waals surface area contributed by atoms with Crippen LogP contribution in [0.4, 0.5) is 0 Å². The summed E-state index contributed by atoms with van der Waals surface area (Å²) in [7, 11) is -3.68. The number of rotatable bonds is 6. The van der Waals surface area contributed by atoms with Gasteiger partial charge in [-0.2, -0.15) is 0 Å². The van der Waals surface area contributed by atoms with Crippen LogP contribution in [0.1, 0.15) is 18.1 Å². The van der Waals surface area contributed by atoms with Gasteiger partial charge < -0.3 is 10.6 Å². The Hall–Kier alpha value is -1.36. The third-order valence-electron chi connectivity index (χ3n) is 3.42. The summed E-state index contributed by atoms with van der Waals surface area (Å²) in [5.74, 6) is 0.651. The molecule has 0 aliphatic carbocycles. The van der Waals surface area contributed by atoms with Gasteiger partial charge >= 0.3 is 0 Å². The van der Waals surface area contributed by atoms with E-state index in [4.69, 9.17) is 16.7 Å². The normalized spacial score (nSPS) is 11.6. The van der Waals surface area contributed by atoms with Crippen molar-refractivity contribution in [2.24, 2.45) is 10.1 Å². The van der Waals surface area contributed by atoms with E-state index >= 15 is 0 Å². The number of benzene rings is 2. The van der Waals surface area contributed by atoms with Crippen molar-refractivity contribution in [1.82, 2.24) is 10.6 Å². The van der Waals surface area contributed by atoms with Crippen molar-refractivity contribution >= 4 is 51.6 Å². The molecule has 0 aromatic heterocycles. The summed E-state index contributed by atoms with van der Waals surface area (Å²) in [6.45, 7) is 3.66. The quantitative estimate of drug-likeness (QED) is 0.318. The second kappa shape index (κ2) is 10.7.